The Kier molecular flexibility index (Phi) is 5.31. The van der Waals surface area contributed by atoms with Gasteiger partial charge in [-0.2, -0.15) is 0 Å². The third kappa shape index (κ3) is 3.69. The zero-order valence-electron chi connectivity index (χ0n) is 16.0. The Morgan fingerprint density at radius 2 is 1.48 bits per heavy atom. The lowest BCUT2D eigenvalue weighted by atomic mass is 9.95. The van der Waals surface area contributed by atoms with Gasteiger partial charge < -0.3 is 10.2 Å². The number of hydrogen-bond donors (Lipinski definition) is 2. The van der Waals surface area contributed by atoms with Crippen LogP contribution < -0.4 is 4.90 Å². The maximum atomic E-state index is 13.0. The molecule has 1 amide bonds. The van der Waals surface area contributed by atoms with Crippen molar-refractivity contribution in [3.05, 3.63) is 106 Å². The molecule has 31 heavy (non-hydrogen) atoms. The second-order valence-corrected chi connectivity index (χ2v) is 7.38. The number of aliphatic hydroxyl groups excluding tert-OH is 1. The van der Waals surface area contributed by atoms with Crippen LogP contribution in [0.25, 0.3) is 5.76 Å². The lowest BCUT2D eigenvalue weighted by molar-refractivity contribution is -0.132. The number of carbonyl (C=O) groups is 3. The number of anilines is 1. The van der Waals surface area contributed by atoms with Crippen molar-refractivity contribution in [2.75, 3.05) is 4.90 Å². The molecule has 154 valence electrons. The van der Waals surface area contributed by atoms with Crippen molar-refractivity contribution in [2.24, 2.45) is 0 Å². The van der Waals surface area contributed by atoms with Gasteiger partial charge in [0, 0.05) is 16.3 Å². The van der Waals surface area contributed by atoms with E-state index in [1.165, 1.54) is 23.1 Å². The number of carbonyl (C=O) groups excluding carboxylic acids is 2. The van der Waals surface area contributed by atoms with Gasteiger partial charge in [0.25, 0.3) is 11.7 Å². The number of benzene rings is 3. The van der Waals surface area contributed by atoms with Gasteiger partial charge in [0.15, 0.2) is 0 Å². The summed E-state index contributed by atoms with van der Waals surface area (Å²) in [7, 11) is 0. The zero-order chi connectivity index (χ0) is 22.1. The van der Waals surface area contributed by atoms with E-state index in [-0.39, 0.29) is 22.6 Å². The van der Waals surface area contributed by atoms with Crippen LogP contribution in [0.3, 0.4) is 0 Å². The van der Waals surface area contributed by atoms with E-state index in [2.05, 4.69) is 0 Å². The Morgan fingerprint density at radius 1 is 0.839 bits per heavy atom. The molecule has 0 spiro atoms. The van der Waals surface area contributed by atoms with E-state index in [1.54, 1.807) is 60.7 Å². The van der Waals surface area contributed by atoms with Crippen molar-refractivity contribution in [3.63, 3.8) is 0 Å². The van der Waals surface area contributed by atoms with Crippen molar-refractivity contribution in [3.8, 4) is 0 Å². The minimum Gasteiger partial charge on any atom is -0.507 e. The fourth-order valence-corrected chi connectivity index (χ4v) is 3.73. The van der Waals surface area contributed by atoms with Gasteiger partial charge in [0.1, 0.15) is 5.76 Å². The highest BCUT2D eigenvalue weighted by atomic mass is 35.5. The van der Waals surface area contributed by atoms with Gasteiger partial charge >= 0.3 is 5.97 Å². The van der Waals surface area contributed by atoms with Gasteiger partial charge in [-0.05, 0) is 35.9 Å². The summed E-state index contributed by atoms with van der Waals surface area (Å²) in [4.78, 5) is 38.7. The SMILES string of the molecule is O=C1C(=O)N(c2cccc(C(=O)O)c2)[C@H](c2ccc(Cl)cc2)C1=C(O)c1ccccc1. The maximum absolute atomic E-state index is 13.0. The average Bonchev–Trinajstić information content (AvgIpc) is 3.05. The molecule has 0 unspecified atom stereocenters. The van der Waals surface area contributed by atoms with E-state index >= 15 is 0 Å². The monoisotopic (exact) mass is 433 g/mol. The van der Waals surface area contributed by atoms with Crippen LogP contribution in [0, 0.1) is 0 Å². The number of amides is 1. The number of rotatable bonds is 4. The number of nitrogens with zero attached hydrogens (tertiary/aromatic N) is 1. The Bertz CT molecular complexity index is 1220. The summed E-state index contributed by atoms with van der Waals surface area (Å²) >= 11 is 6.01. The highest BCUT2D eigenvalue weighted by Gasteiger charge is 2.47. The Balaban J connectivity index is 1.95. The summed E-state index contributed by atoms with van der Waals surface area (Å²) in [5.41, 5.74) is 1.05. The number of hydrogen-bond acceptors (Lipinski definition) is 4. The summed E-state index contributed by atoms with van der Waals surface area (Å²) in [5, 5.41) is 20.8. The fourth-order valence-electron chi connectivity index (χ4n) is 3.60. The maximum Gasteiger partial charge on any atom is 0.335 e. The molecule has 1 atom stereocenters. The Morgan fingerprint density at radius 3 is 2.13 bits per heavy atom. The molecule has 1 aliphatic heterocycles. The highest BCUT2D eigenvalue weighted by molar-refractivity contribution is 6.51. The molecule has 3 aromatic rings. The van der Waals surface area contributed by atoms with E-state index < -0.39 is 23.7 Å². The normalized spacial score (nSPS) is 17.7. The van der Waals surface area contributed by atoms with Crippen LogP contribution in [-0.2, 0) is 9.59 Å². The van der Waals surface area contributed by atoms with Crippen LogP contribution in [0.2, 0.25) is 5.02 Å². The molecular weight excluding hydrogens is 418 g/mol. The second-order valence-electron chi connectivity index (χ2n) is 6.94. The minimum absolute atomic E-state index is 0.0303. The number of aliphatic hydroxyl groups is 1. The molecule has 2 N–H and O–H groups in total. The molecule has 0 aromatic heterocycles. The van der Waals surface area contributed by atoms with Gasteiger partial charge in [-0.25, -0.2) is 4.79 Å². The molecule has 0 bridgehead atoms. The summed E-state index contributed by atoms with van der Waals surface area (Å²) in [6.07, 6.45) is 0. The standard InChI is InChI=1S/C24H16ClNO5/c25-17-11-9-14(10-12-17)20-19(21(27)15-5-2-1-3-6-15)22(28)23(29)26(20)18-8-4-7-16(13-18)24(30)31/h1-13,20,27H,(H,30,31)/t20-/m1/s1. The quantitative estimate of drug-likeness (QED) is 0.354. The second kappa shape index (κ2) is 8.08. The largest absolute Gasteiger partial charge is 0.507 e. The summed E-state index contributed by atoms with van der Waals surface area (Å²) < 4.78 is 0. The summed E-state index contributed by atoms with van der Waals surface area (Å²) in [5.74, 6) is -3.19. The predicted octanol–water partition coefficient (Wildman–Crippen LogP) is 4.66. The minimum atomic E-state index is -1.16. The lowest BCUT2D eigenvalue weighted by Crippen LogP contribution is -2.29. The first-order valence-corrected chi connectivity index (χ1v) is 9.71. The molecule has 3 aromatic carbocycles. The van der Waals surface area contributed by atoms with Crippen LogP contribution >= 0.6 is 11.6 Å². The van der Waals surface area contributed by atoms with Gasteiger partial charge in [-0.1, -0.05) is 60.1 Å². The smallest absolute Gasteiger partial charge is 0.335 e. The van der Waals surface area contributed by atoms with E-state index in [9.17, 15) is 24.6 Å². The number of ketones is 1. The topological polar surface area (TPSA) is 94.9 Å². The molecule has 7 heteroatoms. The summed E-state index contributed by atoms with van der Waals surface area (Å²) in [6, 6.07) is 19.8. The van der Waals surface area contributed by atoms with Crippen LogP contribution in [0.15, 0.2) is 84.4 Å². The number of aromatic carboxylic acids is 1. The highest BCUT2D eigenvalue weighted by Crippen LogP contribution is 2.42. The van der Waals surface area contributed by atoms with E-state index in [4.69, 9.17) is 11.6 Å². The zero-order valence-corrected chi connectivity index (χ0v) is 16.8. The van der Waals surface area contributed by atoms with Crippen LogP contribution in [0.4, 0.5) is 5.69 Å². The van der Waals surface area contributed by atoms with Crippen LogP contribution in [0.1, 0.15) is 27.5 Å². The van der Waals surface area contributed by atoms with E-state index in [0.717, 1.165) is 0 Å². The molecule has 0 saturated carbocycles. The molecule has 1 heterocycles. The number of carboxylic acids is 1. The predicted molar refractivity (Wildman–Crippen MR) is 116 cm³/mol. The van der Waals surface area contributed by atoms with E-state index in [1.807, 2.05) is 0 Å². The Hall–Kier alpha value is -3.90. The molecule has 1 aliphatic rings. The van der Waals surface area contributed by atoms with Crippen molar-refractivity contribution in [1.82, 2.24) is 0 Å². The van der Waals surface area contributed by atoms with Crippen molar-refractivity contribution in [2.45, 2.75) is 6.04 Å². The summed E-state index contributed by atoms with van der Waals surface area (Å²) in [6.45, 7) is 0. The first-order valence-electron chi connectivity index (χ1n) is 9.33. The van der Waals surface area contributed by atoms with Crippen molar-refractivity contribution in [1.29, 1.82) is 0 Å². The number of carboxylic acid groups (broad SMARTS) is 1. The molecule has 4 rings (SSSR count). The molecular formula is C24H16ClNO5. The van der Waals surface area contributed by atoms with Gasteiger partial charge in [0.2, 0.25) is 0 Å². The Labute approximate surface area is 182 Å². The number of Topliss-reactive ketones (excluding diaryl/α,β-unsaturated/α-hetero) is 1. The van der Waals surface area contributed by atoms with Gasteiger partial charge in [-0.3, -0.25) is 14.5 Å². The first kappa shape index (κ1) is 20.4. The molecule has 6 nitrogen and oxygen atoms in total. The molecule has 0 radical (unpaired) electrons. The van der Waals surface area contributed by atoms with Gasteiger partial charge in [0.05, 0.1) is 17.2 Å². The van der Waals surface area contributed by atoms with Crippen LogP contribution in [-0.4, -0.2) is 27.9 Å². The first-order chi connectivity index (χ1) is 14.9. The van der Waals surface area contributed by atoms with Gasteiger partial charge in [-0.15, -0.1) is 0 Å². The van der Waals surface area contributed by atoms with Crippen LogP contribution in [0.5, 0.6) is 0 Å². The van der Waals surface area contributed by atoms with Crippen molar-refractivity contribution >= 4 is 40.7 Å². The molecule has 1 saturated heterocycles. The number of halogens is 1. The van der Waals surface area contributed by atoms with Crippen molar-refractivity contribution < 1.29 is 24.6 Å². The fraction of sp³-hybridized carbons (Fsp3) is 0.0417. The average molecular weight is 434 g/mol. The third-order valence-electron chi connectivity index (χ3n) is 5.05. The lowest BCUT2D eigenvalue weighted by Gasteiger charge is -2.25. The molecule has 1 fully saturated rings. The van der Waals surface area contributed by atoms with E-state index in [0.29, 0.717) is 16.1 Å². The molecule has 0 aliphatic carbocycles. The third-order valence-corrected chi connectivity index (χ3v) is 5.30.